The Hall–Kier alpha value is -3.33. The Bertz CT molecular complexity index is 1010. The lowest BCUT2D eigenvalue weighted by Crippen LogP contribution is -2.22. The van der Waals surface area contributed by atoms with E-state index in [1.165, 1.54) is 0 Å². The molecular weight excluding hydrogens is 310 g/mol. The summed E-state index contributed by atoms with van der Waals surface area (Å²) in [5, 5.41) is 5.14. The van der Waals surface area contributed by atoms with Gasteiger partial charge >= 0.3 is 0 Å². The van der Waals surface area contributed by atoms with E-state index in [2.05, 4.69) is 23.5 Å². The molecule has 0 aliphatic carbocycles. The number of fused-ring (bicyclic) bond motifs is 1. The van der Waals surface area contributed by atoms with E-state index in [9.17, 15) is 4.79 Å². The van der Waals surface area contributed by atoms with Crippen molar-refractivity contribution in [2.24, 2.45) is 0 Å². The maximum atomic E-state index is 12.3. The zero-order valence-electron chi connectivity index (χ0n) is 13.6. The topological polar surface area (TPSA) is 42.2 Å². The molecule has 3 heteroatoms. The van der Waals surface area contributed by atoms with Gasteiger partial charge in [-0.25, -0.2) is 0 Å². The third-order valence-electron chi connectivity index (χ3n) is 4.18. The highest BCUT2D eigenvalue weighted by molar-refractivity contribution is 5.97. The molecule has 0 spiro atoms. The fourth-order valence-electron chi connectivity index (χ4n) is 2.91. The van der Waals surface area contributed by atoms with E-state index in [0.717, 1.165) is 21.9 Å². The zero-order valence-corrected chi connectivity index (χ0v) is 13.6. The maximum absolute atomic E-state index is 12.3. The second-order valence-electron chi connectivity index (χ2n) is 5.86. The first kappa shape index (κ1) is 15.2. The molecule has 4 rings (SSSR count). The van der Waals surface area contributed by atoms with Crippen molar-refractivity contribution in [2.75, 3.05) is 0 Å². The number of nitrogens with one attached hydrogen (secondary N) is 1. The van der Waals surface area contributed by atoms with Crippen molar-refractivity contribution in [2.45, 2.75) is 6.54 Å². The number of carbonyl (C=O) groups excluding carboxylic acids is 1. The van der Waals surface area contributed by atoms with Crippen LogP contribution in [0.4, 0.5) is 0 Å². The summed E-state index contributed by atoms with van der Waals surface area (Å²) in [5.41, 5.74) is 2.04. The number of amides is 1. The average molecular weight is 327 g/mol. The normalized spacial score (nSPS) is 10.7. The Kier molecular flexibility index (Phi) is 4.05. The van der Waals surface area contributed by atoms with Crippen LogP contribution >= 0.6 is 0 Å². The van der Waals surface area contributed by atoms with Gasteiger partial charge in [-0.3, -0.25) is 4.79 Å². The van der Waals surface area contributed by atoms with Crippen molar-refractivity contribution in [3.63, 3.8) is 0 Å². The molecule has 1 amide bonds. The molecule has 122 valence electrons. The molecule has 0 unspecified atom stereocenters. The lowest BCUT2D eigenvalue weighted by Gasteiger charge is -2.05. The van der Waals surface area contributed by atoms with Gasteiger partial charge in [-0.1, -0.05) is 72.8 Å². The highest BCUT2D eigenvalue weighted by Gasteiger charge is 2.13. The largest absolute Gasteiger partial charge is 0.451 e. The summed E-state index contributed by atoms with van der Waals surface area (Å²) >= 11 is 0. The number of hydrogen-bond donors (Lipinski definition) is 1. The third-order valence-corrected chi connectivity index (χ3v) is 4.18. The van der Waals surface area contributed by atoms with Crippen LogP contribution in [-0.2, 0) is 6.54 Å². The SMILES string of the molecule is O=C(NCc1ccccc1)c1ccc(-c2cccc3ccccc23)o1. The summed E-state index contributed by atoms with van der Waals surface area (Å²) in [6, 6.07) is 27.6. The molecule has 0 bridgehead atoms. The standard InChI is InChI=1S/C22H17NO2/c24-22(23-15-16-7-2-1-3-8-16)21-14-13-20(25-21)19-12-6-10-17-9-4-5-11-18(17)19/h1-14H,15H2,(H,23,24). The van der Waals surface area contributed by atoms with Crippen LogP contribution in [0.5, 0.6) is 0 Å². The lowest BCUT2D eigenvalue weighted by atomic mass is 10.0. The first-order valence-corrected chi connectivity index (χ1v) is 8.21. The summed E-state index contributed by atoms with van der Waals surface area (Å²) in [7, 11) is 0. The van der Waals surface area contributed by atoms with E-state index in [1.54, 1.807) is 6.07 Å². The number of furan rings is 1. The monoisotopic (exact) mass is 327 g/mol. The van der Waals surface area contributed by atoms with E-state index in [-0.39, 0.29) is 5.91 Å². The van der Waals surface area contributed by atoms with Crippen molar-refractivity contribution in [1.29, 1.82) is 0 Å². The van der Waals surface area contributed by atoms with E-state index in [0.29, 0.717) is 18.1 Å². The minimum atomic E-state index is -0.213. The fourth-order valence-corrected chi connectivity index (χ4v) is 2.91. The highest BCUT2D eigenvalue weighted by atomic mass is 16.3. The molecule has 0 saturated heterocycles. The summed E-state index contributed by atoms with van der Waals surface area (Å²) < 4.78 is 5.82. The molecule has 0 saturated carbocycles. The third kappa shape index (κ3) is 3.17. The second-order valence-corrected chi connectivity index (χ2v) is 5.86. The van der Waals surface area contributed by atoms with E-state index in [4.69, 9.17) is 4.42 Å². The van der Waals surface area contributed by atoms with Crippen LogP contribution in [-0.4, -0.2) is 5.91 Å². The van der Waals surface area contributed by atoms with Gasteiger partial charge in [0.15, 0.2) is 5.76 Å². The minimum Gasteiger partial charge on any atom is -0.451 e. The molecule has 0 atom stereocenters. The van der Waals surface area contributed by atoms with Gasteiger partial charge in [0.05, 0.1) is 0 Å². The molecule has 25 heavy (non-hydrogen) atoms. The molecule has 4 aromatic rings. The predicted octanol–water partition coefficient (Wildman–Crippen LogP) is 5.03. The van der Waals surface area contributed by atoms with Gasteiger partial charge in [0.1, 0.15) is 5.76 Å². The Morgan fingerprint density at radius 2 is 1.56 bits per heavy atom. The minimum absolute atomic E-state index is 0.213. The van der Waals surface area contributed by atoms with Gasteiger partial charge < -0.3 is 9.73 Å². The van der Waals surface area contributed by atoms with E-state index >= 15 is 0 Å². The predicted molar refractivity (Wildman–Crippen MR) is 99.3 cm³/mol. The molecule has 1 N–H and O–H groups in total. The van der Waals surface area contributed by atoms with Gasteiger partial charge in [-0.2, -0.15) is 0 Å². The molecule has 3 aromatic carbocycles. The Morgan fingerprint density at radius 1 is 0.800 bits per heavy atom. The first-order valence-electron chi connectivity index (χ1n) is 8.21. The molecular formula is C22H17NO2. The molecule has 0 fully saturated rings. The Morgan fingerprint density at radius 3 is 2.44 bits per heavy atom. The second kappa shape index (κ2) is 6.65. The quantitative estimate of drug-likeness (QED) is 0.571. The fraction of sp³-hybridized carbons (Fsp3) is 0.0455. The smallest absolute Gasteiger partial charge is 0.287 e. The highest BCUT2D eigenvalue weighted by Crippen LogP contribution is 2.29. The van der Waals surface area contributed by atoms with Gasteiger partial charge in [0.25, 0.3) is 5.91 Å². The number of benzene rings is 3. The van der Waals surface area contributed by atoms with Crippen molar-refractivity contribution < 1.29 is 9.21 Å². The molecule has 1 heterocycles. The number of carbonyl (C=O) groups is 1. The first-order chi connectivity index (χ1) is 12.3. The van der Waals surface area contributed by atoms with Crippen LogP contribution in [0.3, 0.4) is 0 Å². The van der Waals surface area contributed by atoms with Crippen molar-refractivity contribution >= 4 is 16.7 Å². The van der Waals surface area contributed by atoms with Gasteiger partial charge in [0.2, 0.25) is 0 Å². The average Bonchev–Trinajstić information content (AvgIpc) is 3.16. The Labute approximate surface area is 145 Å². The van der Waals surface area contributed by atoms with Crippen molar-refractivity contribution in [1.82, 2.24) is 5.32 Å². The molecule has 0 radical (unpaired) electrons. The van der Waals surface area contributed by atoms with Crippen LogP contribution < -0.4 is 5.32 Å². The lowest BCUT2D eigenvalue weighted by molar-refractivity contribution is 0.0924. The van der Waals surface area contributed by atoms with E-state index in [1.807, 2.05) is 60.7 Å². The van der Waals surface area contributed by atoms with Crippen LogP contribution in [0.1, 0.15) is 16.1 Å². The number of rotatable bonds is 4. The summed E-state index contributed by atoms with van der Waals surface area (Å²) in [6.45, 7) is 0.476. The summed E-state index contributed by atoms with van der Waals surface area (Å²) in [6.07, 6.45) is 0. The maximum Gasteiger partial charge on any atom is 0.287 e. The van der Waals surface area contributed by atoms with Gasteiger partial charge in [-0.05, 0) is 28.5 Å². The molecule has 0 aliphatic heterocycles. The summed E-state index contributed by atoms with van der Waals surface area (Å²) in [4.78, 5) is 12.3. The van der Waals surface area contributed by atoms with Crippen LogP contribution in [0, 0.1) is 0 Å². The van der Waals surface area contributed by atoms with E-state index < -0.39 is 0 Å². The molecule has 3 nitrogen and oxygen atoms in total. The summed E-state index contributed by atoms with van der Waals surface area (Å²) in [5.74, 6) is 0.802. The molecule has 0 aliphatic rings. The van der Waals surface area contributed by atoms with Gasteiger partial charge in [-0.15, -0.1) is 0 Å². The van der Waals surface area contributed by atoms with Gasteiger partial charge in [0, 0.05) is 12.1 Å². The Balaban J connectivity index is 1.56. The van der Waals surface area contributed by atoms with Crippen LogP contribution in [0.15, 0.2) is 89.3 Å². The number of hydrogen-bond acceptors (Lipinski definition) is 2. The van der Waals surface area contributed by atoms with Crippen LogP contribution in [0.2, 0.25) is 0 Å². The van der Waals surface area contributed by atoms with Crippen LogP contribution in [0.25, 0.3) is 22.1 Å². The zero-order chi connectivity index (χ0) is 17.1. The molecule has 1 aromatic heterocycles. The van der Waals surface area contributed by atoms with Crippen molar-refractivity contribution in [3.05, 3.63) is 96.3 Å². The van der Waals surface area contributed by atoms with Crippen molar-refractivity contribution in [3.8, 4) is 11.3 Å².